The van der Waals surface area contributed by atoms with Crippen LogP contribution in [0.15, 0.2) is 72.8 Å². The molecule has 0 saturated carbocycles. The third-order valence-corrected chi connectivity index (χ3v) is 5.21. The zero-order valence-corrected chi connectivity index (χ0v) is 19.6. The maximum absolute atomic E-state index is 12.6. The molecule has 0 unspecified atom stereocenters. The normalized spacial score (nSPS) is 10.9. The van der Waals surface area contributed by atoms with Crippen LogP contribution in [-0.4, -0.2) is 32.2 Å². The molecule has 1 aromatic heterocycles. The highest BCUT2D eigenvalue weighted by Gasteiger charge is 2.17. The number of nitro groups is 1. The van der Waals surface area contributed by atoms with Gasteiger partial charge < -0.3 is 10.1 Å². The quantitative estimate of drug-likeness (QED) is 0.271. The zero-order chi connectivity index (χ0) is 24.9. The molecule has 0 aliphatic heterocycles. The lowest BCUT2D eigenvalue weighted by Gasteiger charge is -2.09. The molecule has 0 bridgehead atoms. The first kappa shape index (κ1) is 23.6. The summed E-state index contributed by atoms with van der Waals surface area (Å²) in [5, 5.41) is 18.3. The molecule has 9 nitrogen and oxygen atoms in total. The smallest absolute Gasteiger partial charge is 0.336 e. The van der Waals surface area contributed by atoms with Gasteiger partial charge in [-0.1, -0.05) is 44.2 Å². The van der Waals surface area contributed by atoms with E-state index in [9.17, 15) is 14.9 Å². The number of anilines is 1. The molecule has 0 fully saturated rings. The molecule has 9 heteroatoms. The lowest BCUT2D eigenvalue weighted by molar-refractivity contribution is -0.384. The maximum atomic E-state index is 12.6. The van der Waals surface area contributed by atoms with Gasteiger partial charge in [0.1, 0.15) is 0 Å². The van der Waals surface area contributed by atoms with Gasteiger partial charge in [-0.3, -0.25) is 14.9 Å². The predicted octanol–water partition coefficient (Wildman–Crippen LogP) is 5.44. The van der Waals surface area contributed by atoms with Gasteiger partial charge >= 0.3 is 6.01 Å². The third kappa shape index (κ3) is 5.52. The van der Waals surface area contributed by atoms with E-state index in [0.29, 0.717) is 30.0 Å². The van der Waals surface area contributed by atoms with Crippen LogP contribution in [0.3, 0.4) is 0 Å². The second-order valence-corrected chi connectivity index (χ2v) is 8.46. The van der Waals surface area contributed by atoms with E-state index in [-0.39, 0.29) is 11.3 Å². The highest BCUT2D eigenvalue weighted by atomic mass is 16.6. The molecule has 0 spiro atoms. The van der Waals surface area contributed by atoms with Gasteiger partial charge in [0.2, 0.25) is 0 Å². The highest BCUT2D eigenvalue weighted by molar-refractivity contribution is 6.04. The Kier molecular flexibility index (Phi) is 6.86. The molecule has 1 N–H and O–H groups in total. The monoisotopic (exact) mass is 471 g/mol. The number of benzene rings is 3. The fraction of sp³-hybridized carbons (Fsp3) is 0.192. The Bertz CT molecular complexity index is 1360. The lowest BCUT2D eigenvalue weighted by atomic mass is 10.1. The fourth-order valence-electron chi connectivity index (χ4n) is 3.42. The summed E-state index contributed by atoms with van der Waals surface area (Å²) in [4.78, 5) is 27.7. The molecule has 3 aromatic carbocycles. The van der Waals surface area contributed by atoms with Crippen LogP contribution in [0, 0.1) is 23.0 Å². The third-order valence-electron chi connectivity index (χ3n) is 5.21. The Morgan fingerprint density at radius 3 is 2.51 bits per heavy atom. The number of hydrogen-bond donors (Lipinski definition) is 1. The number of aryl methyl sites for hydroxylation is 1. The van der Waals surface area contributed by atoms with E-state index in [2.05, 4.69) is 29.2 Å². The Morgan fingerprint density at radius 1 is 1.09 bits per heavy atom. The number of nitro benzene ring substituents is 1. The van der Waals surface area contributed by atoms with Crippen LogP contribution >= 0.6 is 0 Å². The maximum Gasteiger partial charge on any atom is 0.336 e. The van der Waals surface area contributed by atoms with Crippen LogP contribution in [-0.2, 0) is 0 Å². The van der Waals surface area contributed by atoms with Crippen molar-refractivity contribution in [3.8, 4) is 23.1 Å². The Morgan fingerprint density at radius 2 is 1.83 bits per heavy atom. The van der Waals surface area contributed by atoms with E-state index in [1.807, 2.05) is 43.3 Å². The second-order valence-electron chi connectivity index (χ2n) is 8.46. The Labute approximate surface area is 202 Å². The molecular formula is C26H25N5O4. The molecule has 0 saturated heterocycles. The average molecular weight is 472 g/mol. The molecular weight excluding hydrogens is 446 g/mol. The molecule has 1 amide bonds. The number of aromatic nitrogens is 3. The number of hydrogen-bond acceptors (Lipinski definition) is 6. The first-order valence-electron chi connectivity index (χ1n) is 11.1. The largest absolute Gasteiger partial charge is 0.462 e. The molecule has 178 valence electrons. The molecule has 35 heavy (non-hydrogen) atoms. The first-order chi connectivity index (χ1) is 16.8. The van der Waals surface area contributed by atoms with Gasteiger partial charge in [0, 0.05) is 28.9 Å². The van der Waals surface area contributed by atoms with Crippen LogP contribution in [0.4, 0.5) is 11.4 Å². The molecule has 4 aromatic rings. The molecule has 0 atom stereocenters. The first-order valence-corrected chi connectivity index (χ1v) is 11.1. The second kappa shape index (κ2) is 10.2. The lowest BCUT2D eigenvalue weighted by Crippen LogP contribution is -2.12. The number of nitrogens with zero attached hydrogens (tertiary/aromatic N) is 4. The standard InChI is InChI=1S/C26H25N5O4/c1-17(2)16-35-26-28-24(23-10-5-4-7-18(23)3)30(29-26)21-13-11-20(12-14-21)27-25(32)19-8-6-9-22(15-19)31(33)34/h4-15,17H,16H2,1-3H3,(H,27,32). The SMILES string of the molecule is Cc1ccccc1-c1nc(OCC(C)C)nn1-c1ccc(NC(=O)c2cccc([N+](=O)[O-])c2)cc1. The van der Waals surface area contributed by atoms with E-state index in [1.165, 1.54) is 24.3 Å². The van der Waals surface area contributed by atoms with Crippen molar-refractivity contribution in [3.63, 3.8) is 0 Å². The number of carbonyl (C=O) groups excluding carboxylic acids is 1. The van der Waals surface area contributed by atoms with E-state index in [0.717, 1.165) is 16.8 Å². The average Bonchev–Trinajstić information content (AvgIpc) is 3.27. The molecule has 0 aliphatic carbocycles. The van der Waals surface area contributed by atoms with E-state index in [1.54, 1.807) is 16.8 Å². The van der Waals surface area contributed by atoms with Gasteiger partial charge in [0.15, 0.2) is 5.82 Å². The highest BCUT2D eigenvalue weighted by Crippen LogP contribution is 2.27. The van der Waals surface area contributed by atoms with Crippen molar-refractivity contribution < 1.29 is 14.5 Å². The van der Waals surface area contributed by atoms with Crippen molar-refractivity contribution in [3.05, 3.63) is 94.0 Å². The molecule has 4 rings (SSSR count). The number of nitrogens with one attached hydrogen (secondary N) is 1. The van der Waals surface area contributed by atoms with Gasteiger partial charge in [-0.15, -0.1) is 5.10 Å². The van der Waals surface area contributed by atoms with Crippen molar-refractivity contribution in [1.29, 1.82) is 0 Å². The van der Waals surface area contributed by atoms with Gasteiger partial charge in [-0.25, -0.2) is 4.68 Å². The van der Waals surface area contributed by atoms with Gasteiger partial charge in [-0.05, 0) is 48.7 Å². The fourth-order valence-corrected chi connectivity index (χ4v) is 3.42. The van der Waals surface area contributed by atoms with Gasteiger partial charge in [0.05, 0.1) is 17.2 Å². The van der Waals surface area contributed by atoms with Crippen molar-refractivity contribution in [2.24, 2.45) is 5.92 Å². The van der Waals surface area contributed by atoms with Gasteiger partial charge in [-0.2, -0.15) is 4.98 Å². The topological polar surface area (TPSA) is 112 Å². The Balaban J connectivity index is 1.61. The van der Waals surface area contributed by atoms with Crippen LogP contribution in [0.1, 0.15) is 29.8 Å². The number of amides is 1. The van der Waals surface area contributed by atoms with Crippen molar-refractivity contribution in [2.45, 2.75) is 20.8 Å². The summed E-state index contributed by atoms with van der Waals surface area (Å²) < 4.78 is 7.49. The molecule has 0 radical (unpaired) electrons. The van der Waals surface area contributed by atoms with E-state index in [4.69, 9.17) is 4.74 Å². The molecule has 0 aliphatic rings. The summed E-state index contributed by atoms with van der Waals surface area (Å²) in [6.07, 6.45) is 0. The minimum absolute atomic E-state index is 0.140. The summed E-state index contributed by atoms with van der Waals surface area (Å²) in [5.74, 6) is 0.542. The van der Waals surface area contributed by atoms with Crippen molar-refractivity contribution in [2.75, 3.05) is 11.9 Å². The predicted molar refractivity (Wildman–Crippen MR) is 133 cm³/mol. The Hall–Kier alpha value is -4.53. The van der Waals surface area contributed by atoms with Crippen LogP contribution in [0.25, 0.3) is 17.1 Å². The summed E-state index contributed by atoms with van der Waals surface area (Å²) in [6, 6.07) is 20.9. The summed E-state index contributed by atoms with van der Waals surface area (Å²) in [7, 11) is 0. The van der Waals surface area contributed by atoms with Crippen molar-refractivity contribution >= 4 is 17.3 Å². The number of rotatable bonds is 8. The molecule has 1 heterocycles. The van der Waals surface area contributed by atoms with E-state index >= 15 is 0 Å². The van der Waals surface area contributed by atoms with Crippen LogP contribution in [0.5, 0.6) is 6.01 Å². The minimum atomic E-state index is -0.533. The number of carbonyl (C=O) groups is 1. The van der Waals surface area contributed by atoms with Gasteiger partial charge in [0.25, 0.3) is 11.6 Å². The summed E-state index contributed by atoms with van der Waals surface area (Å²) in [6.45, 7) is 6.62. The summed E-state index contributed by atoms with van der Waals surface area (Å²) in [5.41, 5.74) is 3.33. The summed E-state index contributed by atoms with van der Waals surface area (Å²) >= 11 is 0. The number of ether oxygens (including phenoxy) is 1. The van der Waals surface area contributed by atoms with Crippen LogP contribution < -0.4 is 10.1 Å². The van der Waals surface area contributed by atoms with E-state index < -0.39 is 10.8 Å². The minimum Gasteiger partial charge on any atom is -0.462 e. The van der Waals surface area contributed by atoms with Crippen molar-refractivity contribution in [1.82, 2.24) is 14.8 Å². The zero-order valence-electron chi connectivity index (χ0n) is 19.6. The number of non-ortho nitro benzene ring substituents is 1. The van der Waals surface area contributed by atoms with Crippen LogP contribution in [0.2, 0.25) is 0 Å².